The number of carbonyl (C=O) groups is 1. The van der Waals surface area contributed by atoms with Crippen molar-refractivity contribution in [2.75, 3.05) is 0 Å². The lowest BCUT2D eigenvalue weighted by Gasteiger charge is -2.21. The summed E-state index contributed by atoms with van der Waals surface area (Å²) in [6, 6.07) is 4.82. The van der Waals surface area contributed by atoms with E-state index in [1.807, 2.05) is 0 Å². The summed E-state index contributed by atoms with van der Waals surface area (Å²) in [4.78, 5) is 23.4. The number of fused-ring (bicyclic) bond motifs is 1. The molecule has 1 aromatic heterocycles. The fraction of sp³-hybridized carbons (Fsp3) is 0.429. The molecule has 2 aromatic rings. The lowest BCUT2D eigenvalue weighted by molar-refractivity contribution is -0.135. The van der Waals surface area contributed by atoms with Gasteiger partial charge in [0.25, 0.3) is 0 Å². The summed E-state index contributed by atoms with van der Waals surface area (Å²) >= 11 is 0. The highest BCUT2D eigenvalue weighted by Crippen LogP contribution is 2.27. The molecule has 0 saturated carbocycles. The Labute approximate surface area is 110 Å². The monoisotopic (exact) mass is 263 g/mol. The van der Waals surface area contributed by atoms with E-state index in [1.54, 1.807) is 40.0 Å². The first-order valence-corrected chi connectivity index (χ1v) is 6.03. The first-order valence-electron chi connectivity index (χ1n) is 6.03. The minimum atomic E-state index is -1.21. The number of aromatic nitrogens is 1. The van der Waals surface area contributed by atoms with Crippen LogP contribution in [-0.4, -0.2) is 15.5 Å². The molecule has 102 valence electrons. The molecule has 0 spiro atoms. The van der Waals surface area contributed by atoms with E-state index in [9.17, 15) is 14.7 Å². The summed E-state index contributed by atoms with van der Waals surface area (Å²) in [5.41, 5.74) is 0.794. The quantitative estimate of drug-likeness (QED) is 0.896. The van der Waals surface area contributed by atoms with E-state index in [1.165, 1.54) is 10.6 Å². The number of hydrogen-bond acceptors (Lipinski definition) is 4. The molecule has 0 aliphatic rings. The summed E-state index contributed by atoms with van der Waals surface area (Å²) in [6.45, 7) is 5.25. The van der Waals surface area contributed by atoms with E-state index >= 15 is 0 Å². The van der Waals surface area contributed by atoms with Crippen molar-refractivity contribution in [3.05, 3.63) is 34.3 Å². The second-order valence-corrected chi connectivity index (χ2v) is 5.67. The topological polar surface area (TPSA) is 72.4 Å². The third-order valence-corrected chi connectivity index (χ3v) is 3.12. The molecule has 1 aromatic carbocycles. The molecule has 0 amide bonds. The molecular weight excluding hydrogens is 246 g/mol. The van der Waals surface area contributed by atoms with Crippen LogP contribution in [0.15, 0.2) is 27.4 Å². The Kier molecular flexibility index (Phi) is 3.10. The fourth-order valence-corrected chi connectivity index (χ4v) is 1.88. The molecule has 19 heavy (non-hydrogen) atoms. The lowest BCUT2D eigenvalue weighted by Crippen LogP contribution is -2.26. The molecule has 0 aliphatic carbocycles. The molecule has 1 N–H and O–H groups in total. The number of nitrogens with zero attached hydrogens (tertiary/aromatic N) is 1. The fourth-order valence-electron chi connectivity index (χ4n) is 1.88. The van der Waals surface area contributed by atoms with Crippen molar-refractivity contribution in [3.8, 4) is 0 Å². The maximum absolute atomic E-state index is 12.0. The molecule has 1 heterocycles. The first-order chi connectivity index (χ1) is 8.71. The standard InChI is InChI=1S/C14H17NO4/c1-14(2,3)12(17)11(16)8-5-6-9-10(7-8)19-13(18)15(9)4/h5-7,11,16H,1-4H3. The van der Waals surface area contributed by atoms with Gasteiger partial charge in [-0.2, -0.15) is 0 Å². The van der Waals surface area contributed by atoms with Gasteiger partial charge in [0.2, 0.25) is 0 Å². The van der Waals surface area contributed by atoms with E-state index < -0.39 is 17.3 Å². The van der Waals surface area contributed by atoms with Crippen LogP contribution in [0.5, 0.6) is 0 Å². The van der Waals surface area contributed by atoms with Crippen LogP contribution >= 0.6 is 0 Å². The summed E-state index contributed by atoms with van der Waals surface area (Å²) < 4.78 is 6.41. The van der Waals surface area contributed by atoms with Gasteiger partial charge in [0.1, 0.15) is 6.10 Å². The van der Waals surface area contributed by atoms with Crippen LogP contribution < -0.4 is 5.76 Å². The van der Waals surface area contributed by atoms with Gasteiger partial charge in [-0.1, -0.05) is 26.8 Å². The highest BCUT2D eigenvalue weighted by Gasteiger charge is 2.29. The number of aliphatic hydroxyl groups excluding tert-OH is 1. The zero-order chi connectivity index (χ0) is 14.4. The van der Waals surface area contributed by atoms with Crippen molar-refractivity contribution in [3.63, 3.8) is 0 Å². The third kappa shape index (κ3) is 2.33. The van der Waals surface area contributed by atoms with Crippen molar-refractivity contribution in [1.29, 1.82) is 0 Å². The SMILES string of the molecule is Cn1c(=O)oc2cc(C(O)C(=O)C(C)(C)C)ccc21. The van der Waals surface area contributed by atoms with Crippen LogP contribution in [0.25, 0.3) is 11.1 Å². The molecule has 0 aliphatic heterocycles. The highest BCUT2D eigenvalue weighted by atomic mass is 16.4. The number of carbonyl (C=O) groups excluding carboxylic acids is 1. The number of oxazole rings is 1. The Hall–Kier alpha value is -1.88. The van der Waals surface area contributed by atoms with E-state index in [-0.39, 0.29) is 5.78 Å². The van der Waals surface area contributed by atoms with Gasteiger partial charge >= 0.3 is 5.76 Å². The van der Waals surface area contributed by atoms with Gasteiger partial charge in [-0.25, -0.2) is 4.79 Å². The van der Waals surface area contributed by atoms with E-state index in [0.29, 0.717) is 16.7 Å². The Bertz CT molecular complexity index is 688. The van der Waals surface area contributed by atoms with Crippen LogP contribution in [0.4, 0.5) is 0 Å². The summed E-state index contributed by atoms with van der Waals surface area (Å²) in [6.07, 6.45) is -1.21. The Balaban J connectivity index is 2.47. The second-order valence-electron chi connectivity index (χ2n) is 5.67. The molecule has 5 heteroatoms. The average Bonchev–Trinajstić information content (AvgIpc) is 2.61. The van der Waals surface area contributed by atoms with Gasteiger partial charge in [0.05, 0.1) is 5.52 Å². The molecule has 1 unspecified atom stereocenters. The lowest BCUT2D eigenvalue weighted by atomic mass is 9.85. The minimum Gasteiger partial charge on any atom is -0.408 e. The average molecular weight is 263 g/mol. The molecule has 0 radical (unpaired) electrons. The highest BCUT2D eigenvalue weighted by molar-refractivity contribution is 5.89. The Morgan fingerprint density at radius 2 is 2.00 bits per heavy atom. The Morgan fingerprint density at radius 3 is 2.58 bits per heavy atom. The minimum absolute atomic E-state index is 0.273. The third-order valence-electron chi connectivity index (χ3n) is 3.12. The van der Waals surface area contributed by atoms with Crippen molar-refractivity contribution < 1.29 is 14.3 Å². The van der Waals surface area contributed by atoms with Crippen molar-refractivity contribution >= 4 is 16.9 Å². The van der Waals surface area contributed by atoms with Gasteiger partial charge in [0.15, 0.2) is 11.4 Å². The van der Waals surface area contributed by atoms with Gasteiger partial charge in [-0.05, 0) is 17.7 Å². The van der Waals surface area contributed by atoms with E-state index in [4.69, 9.17) is 4.42 Å². The van der Waals surface area contributed by atoms with Crippen molar-refractivity contribution in [2.24, 2.45) is 12.5 Å². The second kappa shape index (κ2) is 4.35. The molecular formula is C14H17NO4. The van der Waals surface area contributed by atoms with E-state index in [0.717, 1.165) is 0 Å². The first kappa shape index (κ1) is 13.5. The van der Waals surface area contributed by atoms with Crippen LogP contribution in [0.1, 0.15) is 32.4 Å². The number of aryl methyl sites for hydroxylation is 1. The largest absolute Gasteiger partial charge is 0.419 e. The van der Waals surface area contributed by atoms with Gasteiger partial charge in [-0.3, -0.25) is 9.36 Å². The predicted molar refractivity (Wildman–Crippen MR) is 70.9 cm³/mol. The molecule has 2 rings (SSSR count). The number of Topliss-reactive ketones (excluding diaryl/α,β-unsaturated/α-hetero) is 1. The number of ketones is 1. The van der Waals surface area contributed by atoms with Crippen LogP contribution in [0.2, 0.25) is 0 Å². The zero-order valence-corrected chi connectivity index (χ0v) is 11.4. The number of hydrogen-bond donors (Lipinski definition) is 1. The van der Waals surface area contributed by atoms with Crippen molar-refractivity contribution in [1.82, 2.24) is 4.57 Å². The smallest absolute Gasteiger partial charge is 0.408 e. The molecule has 1 atom stereocenters. The normalized spacial score (nSPS) is 13.7. The van der Waals surface area contributed by atoms with Crippen molar-refractivity contribution in [2.45, 2.75) is 26.9 Å². The van der Waals surface area contributed by atoms with Gasteiger partial charge < -0.3 is 9.52 Å². The van der Waals surface area contributed by atoms with Crippen LogP contribution in [-0.2, 0) is 11.8 Å². The maximum atomic E-state index is 12.0. The molecule has 0 fully saturated rings. The molecule has 0 saturated heterocycles. The van der Waals surface area contributed by atoms with Crippen LogP contribution in [0, 0.1) is 5.41 Å². The Morgan fingerprint density at radius 1 is 1.37 bits per heavy atom. The summed E-state index contributed by atoms with van der Waals surface area (Å²) in [7, 11) is 1.60. The van der Waals surface area contributed by atoms with Gasteiger partial charge in [-0.15, -0.1) is 0 Å². The number of rotatable bonds is 2. The maximum Gasteiger partial charge on any atom is 0.419 e. The summed E-state index contributed by atoms with van der Waals surface area (Å²) in [5, 5.41) is 10.1. The molecule has 0 bridgehead atoms. The zero-order valence-electron chi connectivity index (χ0n) is 11.4. The number of benzene rings is 1. The summed E-state index contributed by atoms with van der Waals surface area (Å²) in [5.74, 6) is -0.742. The van der Waals surface area contributed by atoms with E-state index in [2.05, 4.69) is 0 Å². The van der Waals surface area contributed by atoms with Crippen LogP contribution in [0.3, 0.4) is 0 Å². The predicted octanol–water partition coefficient (Wildman–Crippen LogP) is 1.78. The van der Waals surface area contributed by atoms with Gasteiger partial charge in [0, 0.05) is 12.5 Å². The molecule has 5 nitrogen and oxygen atoms in total. The number of aliphatic hydroxyl groups is 1.